The molecule has 244 valence electrons. The fourth-order valence-electron chi connectivity index (χ4n) is 8.51. The topological polar surface area (TPSA) is 3.24 Å². The van der Waals surface area contributed by atoms with E-state index in [-0.39, 0.29) is 5.41 Å². The summed E-state index contributed by atoms with van der Waals surface area (Å²) in [7, 11) is 0. The minimum atomic E-state index is 0.0552. The zero-order chi connectivity index (χ0) is 33.3. The summed E-state index contributed by atoms with van der Waals surface area (Å²) in [5.41, 5.74) is 8.97. The van der Waals surface area contributed by atoms with Crippen molar-refractivity contribution in [3.8, 4) is 11.1 Å². The van der Waals surface area contributed by atoms with Crippen LogP contribution in [0.3, 0.4) is 0 Å². The van der Waals surface area contributed by atoms with Gasteiger partial charge in [-0.05, 0) is 94.4 Å². The van der Waals surface area contributed by atoms with E-state index < -0.39 is 0 Å². The number of hydrogen-bond acceptors (Lipinski definition) is 2. The third-order valence-electron chi connectivity index (χ3n) is 11.1. The van der Waals surface area contributed by atoms with Crippen LogP contribution < -0.4 is 4.90 Å². The molecule has 9 rings (SSSR count). The van der Waals surface area contributed by atoms with E-state index in [9.17, 15) is 0 Å². The highest BCUT2D eigenvalue weighted by Gasteiger charge is 2.34. The molecule has 0 amide bonds. The molecule has 1 aliphatic carbocycles. The van der Waals surface area contributed by atoms with Gasteiger partial charge in [-0.2, -0.15) is 0 Å². The lowest BCUT2D eigenvalue weighted by Gasteiger charge is -2.37. The van der Waals surface area contributed by atoms with Crippen LogP contribution in [0.4, 0.5) is 17.1 Å². The predicted octanol–water partition coefficient (Wildman–Crippen LogP) is 14.4. The van der Waals surface area contributed by atoms with E-state index in [2.05, 4.69) is 169 Å². The summed E-state index contributed by atoms with van der Waals surface area (Å²) in [6.45, 7) is 0. The zero-order valence-electron chi connectivity index (χ0n) is 28.4. The number of hydrogen-bond donors (Lipinski definition) is 0. The van der Waals surface area contributed by atoms with Gasteiger partial charge in [0.1, 0.15) is 0 Å². The summed E-state index contributed by atoms with van der Waals surface area (Å²) < 4.78 is 2.66. The van der Waals surface area contributed by atoms with Gasteiger partial charge >= 0.3 is 0 Å². The van der Waals surface area contributed by atoms with E-state index in [1.54, 1.807) is 0 Å². The molecule has 0 aliphatic heterocycles. The normalized spacial score (nSPS) is 14.8. The van der Waals surface area contributed by atoms with Crippen LogP contribution in [0.5, 0.6) is 0 Å². The standard InChI is InChI=1S/C48H41NS/c1-2-11-32-48(33-12-3-1,37-16-5-4-6-17-37)38-24-28-40(29-25-38)49(41-30-31-47-45(34-41)44-19-9-10-21-46(44)50-47)39-26-22-36(23-27-39)43-20-13-15-35-14-7-8-18-42(35)43/h4-10,13-31,34H,1-3,11-12,32-33H2. The molecule has 1 heterocycles. The first-order valence-electron chi connectivity index (χ1n) is 18.2. The quantitative estimate of drug-likeness (QED) is 0.171. The van der Waals surface area contributed by atoms with Gasteiger partial charge in [-0.3, -0.25) is 0 Å². The van der Waals surface area contributed by atoms with Gasteiger partial charge in [-0.1, -0.05) is 147 Å². The van der Waals surface area contributed by atoms with E-state index in [0.29, 0.717) is 0 Å². The number of thiophene rings is 1. The molecule has 0 atom stereocenters. The molecule has 7 aromatic carbocycles. The van der Waals surface area contributed by atoms with E-state index in [1.807, 2.05) is 11.3 Å². The first-order valence-corrected chi connectivity index (χ1v) is 19.0. The molecule has 0 radical (unpaired) electrons. The molecule has 1 aliphatic rings. The van der Waals surface area contributed by atoms with Crippen molar-refractivity contribution in [2.45, 2.75) is 50.4 Å². The monoisotopic (exact) mass is 663 g/mol. The summed E-state index contributed by atoms with van der Waals surface area (Å²) in [5.74, 6) is 0. The molecular weight excluding hydrogens is 623 g/mol. The van der Waals surface area contributed by atoms with Gasteiger partial charge < -0.3 is 4.90 Å². The van der Waals surface area contributed by atoms with E-state index in [4.69, 9.17) is 0 Å². The Kier molecular flexibility index (Phi) is 8.19. The minimum Gasteiger partial charge on any atom is -0.310 e. The van der Waals surface area contributed by atoms with Crippen LogP contribution in [0, 0.1) is 0 Å². The van der Waals surface area contributed by atoms with Gasteiger partial charge in [0.25, 0.3) is 0 Å². The van der Waals surface area contributed by atoms with Crippen molar-refractivity contribution in [1.29, 1.82) is 0 Å². The van der Waals surface area contributed by atoms with Crippen molar-refractivity contribution < 1.29 is 0 Å². The predicted molar refractivity (Wildman–Crippen MR) is 216 cm³/mol. The second-order valence-corrected chi connectivity index (χ2v) is 15.0. The summed E-state index contributed by atoms with van der Waals surface area (Å²) >= 11 is 1.87. The molecule has 0 unspecified atom stereocenters. The van der Waals surface area contributed by atoms with Crippen molar-refractivity contribution in [2.75, 3.05) is 4.90 Å². The summed E-state index contributed by atoms with van der Waals surface area (Å²) in [6.07, 6.45) is 8.99. The smallest absolute Gasteiger partial charge is 0.0468 e. The lowest BCUT2D eigenvalue weighted by molar-refractivity contribution is 0.366. The fourth-order valence-corrected chi connectivity index (χ4v) is 9.59. The van der Waals surface area contributed by atoms with Gasteiger partial charge in [-0.25, -0.2) is 0 Å². The minimum absolute atomic E-state index is 0.0552. The maximum Gasteiger partial charge on any atom is 0.0468 e. The largest absolute Gasteiger partial charge is 0.310 e. The van der Waals surface area contributed by atoms with Crippen LogP contribution in [0.15, 0.2) is 164 Å². The highest BCUT2D eigenvalue weighted by molar-refractivity contribution is 7.25. The SMILES string of the molecule is c1ccc(C2(c3ccc(N(c4ccc(-c5cccc6ccccc56)cc4)c4ccc5sc6ccccc6c5c4)cc3)CCCCCCC2)cc1. The highest BCUT2D eigenvalue weighted by atomic mass is 32.1. The molecule has 8 aromatic rings. The van der Waals surface area contributed by atoms with E-state index in [0.717, 1.165) is 5.69 Å². The Labute approximate surface area is 299 Å². The molecule has 1 fully saturated rings. The van der Waals surface area contributed by atoms with Crippen molar-refractivity contribution >= 4 is 59.3 Å². The zero-order valence-corrected chi connectivity index (χ0v) is 29.2. The van der Waals surface area contributed by atoms with E-state index >= 15 is 0 Å². The van der Waals surface area contributed by atoms with Crippen LogP contribution in [0.1, 0.15) is 56.1 Å². The van der Waals surface area contributed by atoms with Crippen LogP contribution in [0.2, 0.25) is 0 Å². The number of rotatable bonds is 6. The van der Waals surface area contributed by atoms with Gasteiger partial charge in [-0.15, -0.1) is 11.3 Å². The third-order valence-corrected chi connectivity index (χ3v) is 12.2. The third kappa shape index (κ3) is 5.58. The van der Waals surface area contributed by atoms with Gasteiger partial charge in [0.05, 0.1) is 0 Å². The van der Waals surface area contributed by atoms with Gasteiger partial charge in [0.15, 0.2) is 0 Å². The Morgan fingerprint density at radius 2 is 1.00 bits per heavy atom. The first-order chi connectivity index (χ1) is 24.8. The molecule has 1 aromatic heterocycles. The maximum atomic E-state index is 2.44. The number of anilines is 3. The van der Waals surface area contributed by atoms with Gasteiger partial charge in [0.2, 0.25) is 0 Å². The number of nitrogens with zero attached hydrogens (tertiary/aromatic N) is 1. The molecule has 1 saturated carbocycles. The second kappa shape index (κ2) is 13.3. The number of fused-ring (bicyclic) bond motifs is 4. The Balaban J connectivity index is 1.16. The molecular formula is C48H41NS. The first kappa shape index (κ1) is 30.8. The highest BCUT2D eigenvalue weighted by Crippen LogP contribution is 2.46. The Morgan fingerprint density at radius 1 is 0.420 bits per heavy atom. The summed E-state index contributed by atoms with van der Waals surface area (Å²) in [6, 6.07) is 61.1. The fraction of sp³-hybridized carbons (Fsp3) is 0.167. The molecule has 0 saturated heterocycles. The summed E-state index contributed by atoms with van der Waals surface area (Å²) in [5, 5.41) is 5.19. The summed E-state index contributed by atoms with van der Waals surface area (Å²) in [4.78, 5) is 2.44. The number of benzene rings is 7. The Hall–Kier alpha value is -5.18. The van der Waals surface area contributed by atoms with Gasteiger partial charge in [0, 0.05) is 42.6 Å². The van der Waals surface area contributed by atoms with Crippen LogP contribution in [-0.4, -0.2) is 0 Å². The molecule has 50 heavy (non-hydrogen) atoms. The molecule has 1 nitrogen and oxygen atoms in total. The molecule has 0 spiro atoms. The van der Waals surface area contributed by atoms with E-state index in [1.165, 1.54) is 110 Å². The lowest BCUT2D eigenvalue weighted by Crippen LogP contribution is -2.29. The molecule has 0 bridgehead atoms. The van der Waals surface area contributed by atoms with Crippen LogP contribution in [-0.2, 0) is 5.41 Å². The second-order valence-electron chi connectivity index (χ2n) is 14.0. The Bertz CT molecular complexity index is 2390. The maximum absolute atomic E-state index is 2.44. The van der Waals surface area contributed by atoms with Crippen molar-refractivity contribution in [2.24, 2.45) is 0 Å². The molecule has 2 heteroatoms. The van der Waals surface area contributed by atoms with Crippen molar-refractivity contribution in [1.82, 2.24) is 0 Å². The average Bonchev–Trinajstić information content (AvgIpc) is 3.54. The van der Waals surface area contributed by atoms with Crippen molar-refractivity contribution in [3.05, 3.63) is 175 Å². The van der Waals surface area contributed by atoms with Crippen molar-refractivity contribution in [3.63, 3.8) is 0 Å². The van der Waals surface area contributed by atoms with Crippen LogP contribution in [0.25, 0.3) is 42.1 Å². The average molecular weight is 664 g/mol. The lowest BCUT2D eigenvalue weighted by atomic mass is 9.67. The van der Waals surface area contributed by atoms with Crippen LogP contribution >= 0.6 is 11.3 Å². The Morgan fingerprint density at radius 3 is 1.78 bits per heavy atom. The molecule has 0 N–H and O–H groups in total.